The van der Waals surface area contributed by atoms with Crippen LogP contribution < -0.4 is 5.32 Å². The first-order chi connectivity index (χ1) is 17.6. The van der Waals surface area contributed by atoms with E-state index in [4.69, 9.17) is 0 Å². The number of benzene rings is 3. The number of alkyl halides is 5. The smallest absolute Gasteiger partial charge is 0.326 e. The van der Waals surface area contributed by atoms with E-state index in [2.05, 4.69) is 15.3 Å². The van der Waals surface area contributed by atoms with Crippen molar-refractivity contribution in [2.45, 2.75) is 31.9 Å². The first-order valence-corrected chi connectivity index (χ1v) is 11.4. The van der Waals surface area contributed by atoms with Crippen molar-refractivity contribution in [3.05, 3.63) is 102 Å². The third-order valence-electron chi connectivity index (χ3n) is 5.81. The van der Waals surface area contributed by atoms with Gasteiger partial charge in [0.25, 0.3) is 5.92 Å². The van der Waals surface area contributed by atoms with Crippen molar-refractivity contribution in [1.82, 2.24) is 9.97 Å². The summed E-state index contributed by atoms with van der Waals surface area (Å²) in [4.78, 5) is 21.1. The average Bonchev–Trinajstić information content (AvgIpc) is 2.89. The third-order valence-corrected chi connectivity index (χ3v) is 5.81. The highest BCUT2D eigenvalue weighted by Crippen LogP contribution is 2.34. The zero-order chi connectivity index (χ0) is 26.6. The van der Waals surface area contributed by atoms with Crippen LogP contribution in [0.1, 0.15) is 30.0 Å². The van der Waals surface area contributed by atoms with E-state index in [0.29, 0.717) is 33.8 Å². The van der Waals surface area contributed by atoms with Crippen LogP contribution in [0.2, 0.25) is 0 Å². The van der Waals surface area contributed by atoms with Crippen LogP contribution in [-0.2, 0) is 23.3 Å². The molecule has 9 heteroatoms. The van der Waals surface area contributed by atoms with Crippen LogP contribution in [0.15, 0.2) is 85.2 Å². The quantitative estimate of drug-likeness (QED) is 0.261. The Morgan fingerprint density at radius 2 is 1.22 bits per heavy atom. The van der Waals surface area contributed by atoms with Gasteiger partial charge >= 0.3 is 6.18 Å². The Balaban J connectivity index is 1.46. The number of nitrogens with one attached hydrogen (secondary N) is 1. The Labute approximate surface area is 210 Å². The maximum Gasteiger partial charge on any atom is 0.416 e. The molecule has 0 aliphatic rings. The van der Waals surface area contributed by atoms with Gasteiger partial charge in [-0.3, -0.25) is 14.8 Å². The minimum absolute atomic E-state index is 0.0158. The molecular weight excluding hydrogens is 489 g/mol. The van der Waals surface area contributed by atoms with Crippen molar-refractivity contribution in [3.63, 3.8) is 0 Å². The van der Waals surface area contributed by atoms with Gasteiger partial charge in [0.1, 0.15) is 0 Å². The maximum absolute atomic E-state index is 13.8. The summed E-state index contributed by atoms with van der Waals surface area (Å²) in [7, 11) is 0. The number of amides is 1. The summed E-state index contributed by atoms with van der Waals surface area (Å²) in [6.45, 7) is 1.41. The number of anilines is 1. The molecule has 0 aliphatic heterocycles. The van der Waals surface area contributed by atoms with Gasteiger partial charge in [0.2, 0.25) is 5.91 Å². The highest BCUT2D eigenvalue weighted by atomic mass is 19.4. The normalized spacial score (nSPS) is 11.8. The monoisotopic (exact) mass is 511 g/mol. The Morgan fingerprint density at radius 3 is 1.70 bits per heavy atom. The topological polar surface area (TPSA) is 54.9 Å². The lowest BCUT2D eigenvalue weighted by molar-refractivity contribution is -0.137. The first kappa shape index (κ1) is 25.9. The first-order valence-electron chi connectivity index (χ1n) is 11.4. The van der Waals surface area contributed by atoms with E-state index in [1.807, 2.05) is 0 Å². The van der Waals surface area contributed by atoms with Crippen LogP contribution in [0.4, 0.5) is 27.6 Å². The van der Waals surface area contributed by atoms with Gasteiger partial charge in [0.05, 0.1) is 23.4 Å². The van der Waals surface area contributed by atoms with Gasteiger partial charge in [0, 0.05) is 41.2 Å². The van der Waals surface area contributed by atoms with Gasteiger partial charge in [-0.15, -0.1) is 0 Å². The van der Waals surface area contributed by atoms with E-state index in [0.717, 1.165) is 12.1 Å². The van der Waals surface area contributed by atoms with Gasteiger partial charge < -0.3 is 5.32 Å². The molecule has 37 heavy (non-hydrogen) atoms. The lowest BCUT2D eigenvalue weighted by atomic mass is 10.0. The summed E-state index contributed by atoms with van der Waals surface area (Å²) in [5.74, 6) is -3.22. The molecule has 0 saturated carbocycles. The predicted octanol–water partition coefficient (Wildman–Crippen LogP) is 7.51. The van der Waals surface area contributed by atoms with Gasteiger partial charge in [-0.25, -0.2) is 8.78 Å². The number of aromatic nitrogens is 2. The Kier molecular flexibility index (Phi) is 7.33. The summed E-state index contributed by atoms with van der Waals surface area (Å²) >= 11 is 0. The molecule has 0 fully saturated rings. The molecule has 4 rings (SSSR count). The SMILES string of the molecule is CCC(F)(F)c1ccc(CC(=O)Nc2ccc(-c3nccnc3-c3ccc(C(F)(F)F)cc3)cc2)cc1. The van der Waals surface area contributed by atoms with Crippen LogP contribution in [0.5, 0.6) is 0 Å². The van der Waals surface area contributed by atoms with Gasteiger partial charge in [0.15, 0.2) is 0 Å². The van der Waals surface area contributed by atoms with Crippen molar-refractivity contribution in [3.8, 4) is 22.5 Å². The molecule has 0 saturated heterocycles. The fourth-order valence-corrected chi connectivity index (χ4v) is 3.75. The Bertz CT molecular complexity index is 1370. The molecule has 4 aromatic rings. The third kappa shape index (κ3) is 6.17. The second kappa shape index (κ2) is 10.5. The van der Waals surface area contributed by atoms with Crippen LogP contribution in [0.3, 0.4) is 0 Å². The van der Waals surface area contributed by atoms with Gasteiger partial charge in [-0.1, -0.05) is 55.5 Å². The van der Waals surface area contributed by atoms with Crippen LogP contribution in [0.25, 0.3) is 22.5 Å². The number of carbonyl (C=O) groups is 1. The molecule has 1 aromatic heterocycles. The second-order valence-electron chi connectivity index (χ2n) is 8.39. The number of hydrogen-bond donors (Lipinski definition) is 1. The van der Waals surface area contributed by atoms with E-state index in [-0.39, 0.29) is 24.3 Å². The zero-order valence-corrected chi connectivity index (χ0v) is 19.7. The largest absolute Gasteiger partial charge is 0.416 e. The molecule has 0 aliphatic carbocycles. The molecule has 0 atom stereocenters. The standard InChI is InChI=1S/C28H22F5N3O/c1-2-27(29,30)21-9-3-18(4-10-21)17-24(37)36-23-13-7-20(8-14-23)26-25(34-15-16-35-26)19-5-11-22(12-6-19)28(31,32)33/h3-16H,2,17H2,1H3,(H,36,37). The van der Waals surface area contributed by atoms with Gasteiger partial charge in [-0.2, -0.15) is 13.2 Å². The zero-order valence-electron chi connectivity index (χ0n) is 19.7. The average molecular weight is 511 g/mol. The lowest BCUT2D eigenvalue weighted by Crippen LogP contribution is -2.15. The molecule has 0 bridgehead atoms. The molecule has 1 heterocycles. The molecule has 3 aromatic carbocycles. The van der Waals surface area contributed by atoms with Crippen molar-refractivity contribution in [2.24, 2.45) is 0 Å². The Morgan fingerprint density at radius 1 is 0.730 bits per heavy atom. The number of carbonyl (C=O) groups excluding carboxylic acids is 1. The molecule has 1 amide bonds. The van der Waals surface area contributed by atoms with Crippen LogP contribution >= 0.6 is 0 Å². The molecular formula is C28H22F5N3O. The highest BCUT2D eigenvalue weighted by Gasteiger charge is 2.30. The summed E-state index contributed by atoms with van der Waals surface area (Å²) in [6.07, 6.45) is -1.77. The van der Waals surface area contributed by atoms with E-state index < -0.39 is 17.7 Å². The molecule has 0 spiro atoms. The van der Waals surface area contributed by atoms with E-state index in [9.17, 15) is 26.7 Å². The van der Waals surface area contributed by atoms with Gasteiger partial charge in [-0.05, 0) is 29.8 Å². The molecule has 0 unspecified atom stereocenters. The number of nitrogens with zero attached hydrogens (tertiary/aromatic N) is 2. The van der Waals surface area contributed by atoms with Crippen molar-refractivity contribution in [2.75, 3.05) is 5.32 Å². The molecule has 190 valence electrons. The number of hydrogen-bond acceptors (Lipinski definition) is 3. The van der Waals surface area contributed by atoms with Crippen molar-refractivity contribution < 1.29 is 26.7 Å². The maximum atomic E-state index is 13.8. The highest BCUT2D eigenvalue weighted by molar-refractivity contribution is 5.92. The number of halogens is 5. The molecule has 4 nitrogen and oxygen atoms in total. The lowest BCUT2D eigenvalue weighted by Gasteiger charge is -2.14. The van der Waals surface area contributed by atoms with E-state index in [1.54, 1.807) is 24.3 Å². The fraction of sp³-hybridized carbons (Fsp3) is 0.179. The second-order valence-corrected chi connectivity index (χ2v) is 8.39. The van der Waals surface area contributed by atoms with E-state index in [1.165, 1.54) is 55.7 Å². The summed E-state index contributed by atoms with van der Waals surface area (Å²) in [5.41, 5.74) is 2.32. The number of rotatable bonds is 7. The Hall–Kier alpha value is -4.14. The van der Waals surface area contributed by atoms with Crippen molar-refractivity contribution >= 4 is 11.6 Å². The summed E-state index contributed by atoms with van der Waals surface area (Å²) < 4.78 is 66.3. The minimum Gasteiger partial charge on any atom is -0.326 e. The summed E-state index contributed by atoms with van der Waals surface area (Å²) in [6, 6.07) is 17.1. The molecule has 1 N–H and O–H groups in total. The summed E-state index contributed by atoms with van der Waals surface area (Å²) in [5, 5.41) is 2.76. The predicted molar refractivity (Wildman–Crippen MR) is 131 cm³/mol. The van der Waals surface area contributed by atoms with Crippen LogP contribution in [-0.4, -0.2) is 15.9 Å². The van der Waals surface area contributed by atoms with Crippen LogP contribution in [0, 0.1) is 0 Å². The molecule has 0 radical (unpaired) electrons. The van der Waals surface area contributed by atoms with E-state index >= 15 is 0 Å². The van der Waals surface area contributed by atoms with Crippen molar-refractivity contribution in [1.29, 1.82) is 0 Å². The minimum atomic E-state index is -4.43. The fourth-order valence-electron chi connectivity index (χ4n) is 3.75.